The Morgan fingerprint density at radius 2 is 2.10 bits per heavy atom. The molecule has 1 aliphatic heterocycles. The van der Waals surface area contributed by atoms with Crippen LogP contribution >= 0.6 is 22.6 Å². The third kappa shape index (κ3) is 2.03. The average Bonchev–Trinajstić information content (AvgIpc) is 2.93. The highest BCUT2D eigenvalue weighted by Gasteiger charge is 2.44. The summed E-state index contributed by atoms with van der Waals surface area (Å²) in [5.41, 5.74) is 6.55. The van der Waals surface area contributed by atoms with Crippen molar-refractivity contribution in [3.63, 3.8) is 0 Å². The van der Waals surface area contributed by atoms with Crippen LogP contribution in [-0.2, 0) is 4.74 Å². The van der Waals surface area contributed by atoms with Gasteiger partial charge >= 0.3 is 0 Å². The van der Waals surface area contributed by atoms with Crippen LogP contribution in [-0.4, -0.2) is 59.8 Å². The highest BCUT2D eigenvalue weighted by molar-refractivity contribution is 14.1. The molecule has 0 aromatic carbocycles. The molecule has 0 radical (unpaired) electrons. The van der Waals surface area contributed by atoms with Crippen LogP contribution in [0.1, 0.15) is 6.23 Å². The maximum atomic E-state index is 10.0. The van der Waals surface area contributed by atoms with Crippen LogP contribution in [0.15, 0.2) is 6.33 Å². The number of aliphatic hydroxyl groups is 3. The predicted molar refractivity (Wildman–Crippen MR) is 75.5 cm³/mol. The van der Waals surface area contributed by atoms with Crippen LogP contribution in [0.5, 0.6) is 0 Å². The third-order valence-electron chi connectivity index (χ3n) is 3.21. The zero-order chi connectivity index (χ0) is 14.4. The molecule has 2 aromatic heterocycles. The van der Waals surface area contributed by atoms with Crippen molar-refractivity contribution < 1.29 is 20.1 Å². The number of nitrogens with two attached hydrogens (primary N) is 1. The van der Waals surface area contributed by atoms with Gasteiger partial charge in [0.2, 0.25) is 0 Å². The summed E-state index contributed by atoms with van der Waals surface area (Å²) in [5, 5.41) is 28.9. The fraction of sp³-hybridized carbons (Fsp3) is 0.500. The van der Waals surface area contributed by atoms with Crippen molar-refractivity contribution in [3.05, 3.63) is 10.2 Å². The third-order valence-corrected chi connectivity index (χ3v) is 3.69. The number of hydrogen-bond acceptors (Lipinski definition) is 8. The molecule has 2 aromatic rings. The van der Waals surface area contributed by atoms with Gasteiger partial charge in [0, 0.05) is 22.6 Å². The first-order valence-electron chi connectivity index (χ1n) is 5.81. The molecule has 3 heterocycles. The lowest BCUT2D eigenvalue weighted by atomic mass is 10.1. The van der Waals surface area contributed by atoms with Gasteiger partial charge in [-0.05, 0) is 0 Å². The van der Waals surface area contributed by atoms with E-state index >= 15 is 0 Å². The van der Waals surface area contributed by atoms with Gasteiger partial charge in [-0.15, -0.1) is 0 Å². The molecule has 10 heteroatoms. The van der Waals surface area contributed by atoms with Crippen molar-refractivity contribution in [2.45, 2.75) is 24.5 Å². The van der Waals surface area contributed by atoms with Crippen molar-refractivity contribution in [2.24, 2.45) is 0 Å². The number of anilines is 1. The standard InChI is InChI=1S/C10H12IN5O4/c11-10-14-7(12)4-8(15-10)16(2-13-4)9-6(19)5(18)3(1-17)20-9/h2-3,5-6,9,17-19H,1H2,(H2,12,14,15)/t3-,5+,6+,9+/m0/s1. The number of aromatic nitrogens is 4. The average molecular weight is 393 g/mol. The van der Waals surface area contributed by atoms with Crippen molar-refractivity contribution in [1.82, 2.24) is 19.5 Å². The zero-order valence-electron chi connectivity index (χ0n) is 10.1. The van der Waals surface area contributed by atoms with E-state index < -0.39 is 31.1 Å². The van der Waals surface area contributed by atoms with Crippen LogP contribution in [0.4, 0.5) is 5.82 Å². The molecule has 5 N–H and O–H groups in total. The van der Waals surface area contributed by atoms with Gasteiger partial charge in [0.25, 0.3) is 0 Å². The zero-order valence-corrected chi connectivity index (χ0v) is 12.2. The largest absolute Gasteiger partial charge is 0.394 e. The second kappa shape index (κ2) is 5.04. The van der Waals surface area contributed by atoms with Gasteiger partial charge < -0.3 is 25.8 Å². The van der Waals surface area contributed by atoms with E-state index in [2.05, 4.69) is 15.0 Å². The normalized spacial score (nSPS) is 30.2. The summed E-state index contributed by atoms with van der Waals surface area (Å²) < 4.78 is 7.34. The van der Waals surface area contributed by atoms with Gasteiger partial charge in [0.1, 0.15) is 23.8 Å². The van der Waals surface area contributed by atoms with Gasteiger partial charge in [-0.2, -0.15) is 0 Å². The number of halogens is 1. The number of fused-ring (bicyclic) bond motifs is 1. The topological polar surface area (TPSA) is 140 Å². The minimum atomic E-state index is -1.20. The van der Waals surface area contributed by atoms with Crippen molar-refractivity contribution in [1.29, 1.82) is 0 Å². The lowest BCUT2D eigenvalue weighted by molar-refractivity contribution is -0.0511. The number of nitrogen functional groups attached to an aromatic ring is 1. The molecule has 0 bridgehead atoms. The van der Waals surface area contributed by atoms with Crippen LogP contribution in [0.3, 0.4) is 0 Å². The Labute approximate surface area is 126 Å². The SMILES string of the molecule is Nc1nc(I)nc2c1ncn2[C@@H]1O[C@@H](CO)[C@@H](O)[C@H]1O. The lowest BCUT2D eigenvalue weighted by Gasteiger charge is -2.16. The van der Waals surface area contributed by atoms with Crippen LogP contribution in [0, 0.1) is 3.83 Å². The summed E-state index contributed by atoms with van der Waals surface area (Å²) in [5.74, 6) is 0.227. The van der Waals surface area contributed by atoms with E-state index in [0.717, 1.165) is 0 Å². The van der Waals surface area contributed by atoms with Gasteiger partial charge in [-0.1, -0.05) is 0 Å². The Morgan fingerprint density at radius 3 is 2.75 bits per heavy atom. The van der Waals surface area contributed by atoms with Crippen molar-refractivity contribution in [3.8, 4) is 0 Å². The summed E-state index contributed by atoms with van der Waals surface area (Å²) in [6.45, 7) is -0.393. The smallest absolute Gasteiger partial charge is 0.194 e. The Balaban J connectivity index is 2.07. The molecule has 1 aliphatic rings. The molecule has 0 saturated carbocycles. The predicted octanol–water partition coefficient (Wildman–Crippen LogP) is -1.38. The molecule has 0 unspecified atom stereocenters. The molecule has 3 rings (SSSR count). The Kier molecular flexibility index (Phi) is 3.50. The lowest BCUT2D eigenvalue weighted by Crippen LogP contribution is -2.33. The van der Waals surface area contributed by atoms with Gasteiger partial charge in [0.05, 0.1) is 12.9 Å². The quantitative estimate of drug-likeness (QED) is 0.362. The molecule has 0 aliphatic carbocycles. The Bertz CT molecular complexity index is 650. The summed E-state index contributed by atoms with van der Waals surface area (Å²) in [4.78, 5) is 12.3. The van der Waals surface area contributed by atoms with E-state index in [9.17, 15) is 10.2 Å². The van der Waals surface area contributed by atoms with Gasteiger partial charge in [-0.3, -0.25) is 4.57 Å². The van der Waals surface area contributed by atoms with E-state index in [1.54, 1.807) is 0 Å². The number of imidazole rings is 1. The van der Waals surface area contributed by atoms with E-state index in [1.165, 1.54) is 10.9 Å². The summed E-state index contributed by atoms with van der Waals surface area (Å²) in [6.07, 6.45) is -2.71. The molecule has 0 amide bonds. The second-order valence-electron chi connectivity index (χ2n) is 4.43. The molecular formula is C10H12IN5O4. The van der Waals surface area contributed by atoms with Crippen LogP contribution in [0.25, 0.3) is 11.2 Å². The molecule has 1 saturated heterocycles. The number of nitrogens with zero attached hydrogens (tertiary/aromatic N) is 4. The van der Waals surface area contributed by atoms with Gasteiger partial charge in [0.15, 0.2) is 21.5 Å². The Morgan fingerprint density at radius 1 is 1.35 bits per heavy atom. The highest BCUT2D eigenvalue weighted by atomic mass is 127. The highest BCUT2D eigenvalue weighted by Crippen LogP contribution is 2.31. The first-order chi connectivity index (χ1) is 9.52. The molecular weight excluding hydrogens is 381 g/mol. The first-order valence-corrected chi connectivity index (χ1v) is 6.88. The maximum Gasteiger partial charge on any atom is 0.194 e. The number of hydrogen-bond donors (Lipinski definition) is 4. The monoisotopic (exact) mass is 393 g/mol. The molecule has 1 fully saturated rings. The van der Waals surface area contributed by atoms with Crippen molar-refractivity contribution in [2.75, 3.05) is 12.3 Å². The van der Waals surface area contributed by atoms with E-state index in [1.807, 2.05) is 22.6 Å². The number of aliphatic hydroxyl groups excluding tert-OH is 3. The number of rotatable bonds is 2. The Hall–Kier alpha value is -1.08. The van der Waals surface area contributed by atoms with Gasteiger partial charge in [-0.25, -0.2) is 15.0 Å². The second-order valence-corrected chi connectivity index (χ2v) is 5.40. The fourth-order valence-corrected chi connectivity index (χ4v) is 2.70. The fourth-order valence-electron chi connectivity index (χ4n) is 2.21. The van der Waals surface area contributed by atoms with E-state index in [4.69, 9.17) is 15.6 Å². The molecule has 108 valence electrons. The first kappa shape index (κ1) is 13.9. The van der Waals surface area contributed by atoms with E-state index in [0.29, 0.717) is 15.0 Å². The minimum absolute atomic E-state index is 0.227. The van der Waals surface area contributed by atoms with Crippen LogP contribution < -0.4 is 5.73 Å². The van der Waals surface area contributed by atoms with E-state index in [-0.39, 0.29) is 5.82 Å². The summed E-state index contributed by atoms with van der Waals surface area (Å²) in [7, 11) is 0. The summed E-state index contributed by atoms with van der Waals surface area (Å²) in [6, 6.07) is 0. The maximum absolute atomic E-state index is 10.0. The molecule has 0 spiro atoms. The molecule has 9 nitrogen and oxygen atoms in total. The molecule has 20 heavy (non-hydrogen) atoms. The minimum Gasteiger partial charge on any atom is -0.394 e. The number of ether oxygens (including phenoxy) is 1. The van der Waals surface area contributed by atoms with Crippen LogP contribution in [0.2, 0.25) is 0 Å². The summed E-state index contributed by atoms with van der Waals surface area (Å²) >= 11 is 1.92. The van der Waals surface area contributed by atoms with Crippen molar-refractivity contribution >= 4 is 39.6 Å². The molecule has 4 atom stereocenters.